The highest BCUT2D eigenvalue weighted by Crippen LogP contribution is 2.29. The van der Waals surface area contributed by atoms with Crippen LogP contribution in [0.5, 0.6) is 0 Å². The van der Waals surface area contributed by atoms with Gasteiger partial charge in [-0.2, -0.15) is 0 Å². The van der Waals surface area contributed by atoms with Gasteiger partial charge in [-0.25, -0.2) is 0 Å². The summed E-state index contributed by atoms with van der Waals surface area (Å²) in [5.74, 6) is 0.336. The van der Waals surface area contributed by atoms with Crippen molar-refractivity contribution in [2.45, 2.75) is 18.9 Å². The monoisotopic (exact) mass is 255 g/mol. The second-order valence-electron chi connectivity index (χ2n) is 4.77. The summed E-state index contributed by atoms with van der Waals surface area (Å²) in [6, 6.07) is 7.53. The Morgan fingerprint density at radius 3 is 2.71 bits per heavy atom. The highest BCUT2D eigenvalue weighted by Gasteiger charge is 2.36. The van der Waals surface area contributed by atoms with Crippen LogP contribution in [0.4, 0.5) is 5.69 Å². The van der Waals surface area contributed by atoms with Crippen molar-refractivity contribution in [3.05, 3.63) is 29.3 Å². The molecule has 0 radical (unpaired) electrons. The molecule has 0 saturated carbocycles. The molecule has 0 aromatic heterocycles. The maximum atomic E-state index is 9.62. The summed E-state index contributed by atoms with van der Waals surface area (Å²) in [6.45, 7) is 3.60. The molecule has 1 aliphatic heterocycles. The Hall–Kier alpha value is -0.770. The highest BCUT2D eigenvalue weighted by atomic mass is 35.5. The van der Waals surface area contributed by atoms with E-state index < -0.39 is 0 Å². The van der Waals surface area contributed by atoms with Crippen molar-refractivity contribution >= 4 is 17.3 Å². The minimum absolute atomic E-state index is 0.0870. The number of hydrogen-bond acceptors (Lipinski definition) is 3. The van der Waals surface area contributed by atoms with Crippen molar-refractivity contribution in [1.29, 1.82) is 0 Å². The first kappa shape index (κ1) is 12.7. The molecule has 1 aromatic carbocycles. The third-order valence-corrected chi connectivity index (χ3v) is 3.69. The molecule has 4 heteroatoms. The molecule has 0 aliphatic carbocycles. The Kier molecular flexibility index (Phi) is 3.92. The van der Waals surface area contributed by atoms with Gasteiger partial charge in [-0.3, -0.25) is 0 Å². The van der Waals surface area contributed by atoms with Gasteiger partial charge in [-0.15, -0.1) is 0 Å². The zero-order valence-corrected chi connectivity index (χ0v) is 10.7. The van der Waals surface area contributed by atoms with Gasteiger partial charge in [0.15, 0.2) is 0 Å². The fourth-order valence-corrected chi connectivity index (χ4v) is 2.30. The minimum Gasteiger partial charge on any atom is -0.394 e. The number of anilines is 1. The van der Waals surface area contributed by atoms with E-state index in [2.05, 4.69) is 5.32 Å². The molecule has 1 heterocycles. The molecule has 1 fully saturated rings. The smallest absolute Gasteiger partial charge is 0.0662 e. The summed E-state index contributed by atoms with van der Waals surface area (Å²) in [5.41, 5.74) is 0.627. The third-order valence-electron chi connectivity index (χ3n) is 3.43. The van der Waals surface area contributed by atoms with E-state index in [0.29, 0.717) is 17.5 Å². The fraction of sp³-hybridized carbons (Fsp3) is 0.538. The lowest BCUT2D eigenvalue weighted by Gasteiger charge is -2.35. The summed E-state index contributed by atoms with van der Waals surface area (Å²) in [5, 5.41) is 13.7. The summed E-state index contributed by atoms with van der Waals surface area (Å²) >= 11 is 5.85. The van der Waals surface area contributed by atoms with Crippen molar-refractivity contribution in [1.82, 2.24) is 0 Å². The zero-order valence-electron chi connectivity index (χ0n) is 9.95. The number of benzene rings is 1. The first-order valence-corrected chi connectivity index (χ1v) is 6.24. The van der Waals surface area contributed by atoms with E-state index in [4.69, 9.17) is 16.3 Å². The van der Waals surface area contributed by atoms with E-state index in [1.807, 2.05) is 31.2 Å². The van der Waals surface area contributed by atoms with Crippen LogP contribution in [0, 0.1) is 5.92 Å². The molecule has 2 atom stereocenters. The van der Waals surface area contributed by atoms with Crippen molar-refractivity contribution in [2.24, 2.45) is 5.92 Å². The summed E-state index contributed by atoms with van der Waals surface area (Å²) in [6.07, 6.45) is 0.984. The SMILES string of the molecule is CC(CO)(Nc1ccc(Cl)cc1)C1CCOC1. The molecule has 94 valence electrons. The zero-order chi connectivity index (χ0) is 12.3. The lowest BCUT2D eigenvalue weighted by Crippen LogP contribution is -2.46. The first-order chi connectivity index (χ1) is 8.14. The molecular formula is C13H18ClNO2. The van der Waals surface area contributed by atoms with Gasteiger partial charge in [0.1, 0.15) is 0 Å². The van der Waals surface area contributed by atoms with E-state index in [-0.39, 0.29) is 12.1 Å². The van der Waals surface area contributed by atoms with Crippen LogP contribution < -0.4 is 5.32 Å². The van der Waals surface area contributed by atoms with Gasteiger partial charge in [0.2, 0.25) is 0 Å². The van der Waals surface area contributed by atoms with Crippen LogP contribution in [0.15, 0.2) is 24.3 Å². The molecule has 3 nitrogen and oxygen atoms in total. The van der Waals surface area contributed by atoms with Gasteiger partial charge in [-0.05, 0) is 37.6 Å². The van der Waals surface area contributed by atoms with Gasteiger partial charge in [0, 0.05) is 23.2 Å². The predicted molar refractivity (Wildman–Crippen MR) is 69.5 cm³/mol. The molecule has 1 saturated heterocycles. The topological polar surface area (TPSA) is 41.5 Å². The van der Waals surface area contributed by atoms with Crippen LogP contribution in [0.25, 0.3) is 0 Å². The Balaban J connectivity index is 2.10. The van der Waals surface area contributed by atoms with Crippen LogP contribution in [0.2, 0.25) is 5.02 Å². The molecular weight excluding hydrogens is 238 g/mol. The second kappa shape index (κ2) is 5.25. The van der Waals surface area contributed by atoms with Crippen LogP contribution in [-0.4, -0.2) is 30.5 Å². The second-order valence-corrected chi connectivity index (χ2v) is 5.20. The minimum atomic E-state index is -0.343. The Morgan fingerprint density at radius 2 is 2.18 bits per heavy atom. The summed E-state index contributed by atoms with van der Waals surface area (Å²) < 4.78 is 5.39. The van der Waals surface area contributed by atoms with Gasteiger partial charge < -0.3 is 15.2 Å². The molecule has 2 unspecified atom stereocenters. The standard InChI is InChI=1S/C13H18ClNO2/c1-13(9-16,10-6-7-17-8-10)15-12-4-2-11(14)3-5-12/h2-5,10,15-16H,6-9H2,1H3. The fourth-order valence-electron chi connectivity index (χ4n) is 2.17. The summed E-state index contributed by atoms with van der Waals surface area (Å²) in [4.78, 5) is 0. The van der Waals surface area contributed by atoms with E-state index in [0.717, 1.165) is 18.7 Å². The average Bonchev–Trinajstić information content (AvgIpc) is 2.86. The first-order valence-electron chi connectivity index (χ1n) is 5.86. The lowest BCUT2D eigenvalue weighted by atomic mass is 9.85. The quantitative estimate of drug-likeness (QED) is 0.869. The average molecular weight is 256 g/mol. The lowest BCUT2D eigenvalue weighted by molar-refractivity contribution is 0.137. The van der Waals surface area contributed by atoms with Gasteiger partial charge in [0.25, 0.3) is 0 Å². The number of aliphatic hydroxyl groups is 1. The number of hydrogen-bond donors (Lipinski definition) is 2. The van der Waals surface area contributed by atoms with Gasteiger partial charge in [-0.1, -0.05) is 11.6 Å². The van der Waals surface area contributed by atoms with Gasteiger partial charge in [0.05, 0.1) is 18.8 Å². The molecule has 0 amide bonds. The molecule has 1 aromatic rings. The number of ether oxygens (including phenoxy) is 1. The van der Waals surface area contributed by atoms with Crippen LogP contribution in [0.3, 0.4) is 0 Å². The molecule has 0 spiro atoms. The van der Waals surface area contributed by atoms with Crippen molar-refractivity contribution < 1.29 is 9.84 Å². The van der Waals surface area contributed by atoms with Crippen molar-refractivity contribution in [3.63, 3.8) is 0 Å². The van der Waals surface area contributed by atoms with Crippen LogP contribution in [-0.2, 0) is 4.74 Å². The molecule has 17 heavy (non-hydrogen) atoms. The Labute approximate surface area is 107 Å². The van der Waals surface area contributed by atoms with Gasteiger partial charge >= 0.3 is 0 Å². The number of rotatable bonds is 4. The predicted octanol–water partition coefficient (Wildman–Crippen LogP) is 2.54. The van der Waals surface area contributed by atoms with Crippen molar-refractivity contribution in [3.8, 4) is 0 Å². The molecule has 1 aliphatic rings. The molecule has 2 N–H and O–H groups in total. The molecule has 2 rings (SSSR count). The maximum absolute atomic E-state index is 9.62. The normalized spacial score (nSPS) is 23.4. The Morgan fingerprint density at radius 1 is 1.47 bits per heavy atom. The van der Waals surface area contributed by atoms with E-state index >= 15 is 0 Å². The number of halogens is 1. The van der Waals surface area contributed by atoms with Crippen molar-refractivity contribution in [2.75, 3.05) is 25.1 Å². The van der Waals surface area contributed by atoms with E-state index in [9.17, 15) is 5.11 Å². The third kappa shape index (κ3) is 2.92. The number of nitrogens with one attached hydrogen (secondary N) is 1. The summed E-state index contributed by atoms with van der Waals surface area (Å²) in [7, 11) is 0. The van der Waals surface area contributed by atoms with Crippen LogP contribution >= 0.6 is 11.6 Å². The number of aliphatic hydroxyl groups excluding tert-OH is 1. The largest absolute Gasteiger partial charge is 0.394 e. The van der Waals surface area contributed by atoms with Crippen LogP contribution in [0.1, 0.15) is 13.3 Å². The highest BCUT2D eigenvalue weighted by molar-refractivity contribution is 6.30. The van der Waals surface area contributed by atoms with E-state index in [1.165, 1.54) is 0 Å². The Bertz CT molecular complexity index is 362. The van der Waals surface area contributed by atoms with E-state index in [1.54, 1.807) is 0 Å². The molecule has 0 bridgehead atoms. The maximum Gasteiger partial charge on any atom is 0.0662 e.